The van der Waals surface area contributed by atoms with Crippen molar-refractivity contribution in [2.45, 2.75) is 19.5 Å². The van der Waals surface area contributed by atoms with Crippen LogP contribution < -0.4 is 5.56 Å². The third-order valence-corrected chi connectivity index (χ3v) is 5.22. The van der Waals surface area contributed by atoms with Gasteiger partial charge in [0.2, 0.25) is 5.58 Å². The number of hydrogen-bond acceptors (Lipinski definition) is 5. The molecule has 30 heavy (non-hydrogen) atoms. The van der Waals surface area contributed by atoms with Crippen LogP contribution in [0.2, 0.25) is 0 Å². The fourth-order valence-corrected chi connectivity index (χ4v) is 3.79. The number of Topliss-reactive ketones (excluding diaryl/α,β-unsaturated/α-hetero) is 1. The lowest BCUT2D eigenvalue weighted by molar-refractivity contribution is 0.0972. The summed E-state index contributed by atoms with van der Waals surface area (Å²) < 4.78 is 8.86. The second kappa shape index (κ2) is 7.01. The van der Waals surface area contributed by atoms with E-state index in [0.29, 0.717) is 29.6 Å². The predicted octanol–water partition coefficient (Wildman–Crippen LogP) is 3.89. The van der Waals surface area contributed by atoms with Crippen LogP contribution in [0.1, 0.15) is 16.8 Å². The molecule has 0 saturated carbocycles. The molecule has 0 N–H and O–H groups in total. The van der Waals surface area contributed by atoms with Crippen molar-refractivity contribution < 1.29 is 9.21 Å². The minimum absolute atomic E-state index is 0.142. The van der Waals surface area contributed by atoms with Gasteiger partial charge in [0.15, 0.2) is 5.78 Å². The summed E-state index contributed by atoms with van der Waals surface area (Å²) in [7, 11) is 0. The van der Waals surface area contributed by atoms with Gasteiger partial charge in [0.05, 0.1) is 25.4 Å². The van der Waals surface area contributed by atoms with Crippen molar-refractivity contribution >= 4 is 38.8 Å². The van der Waals surface area contributed by atoms with Gasteiger partial charge in [-0.2, -0.15) is 5.26 Å². The smallest absolute Gasteiger partial charge is 0.297 e. The van der Waals surface area contributed by atoms with Crippen LogP contribution >= 0.6 is 0 Å². The van der Waals surface area contributed by atoms with Gasteiger partial charge in [-0.25, -0.2) is 4.98 Å². The Kier molecular flexibility index (Phi) is 4.18. The molecule has 0 atom stereocenters. The van der Waals surface area contributed by atoms with Crippen molar-refractivity contribution in [3.63, 3.8) is 0 Å². The fourth-order valence-electron chi connectivity index (χ4n) is 3.79. The van der Waals surface area contributed by atoms with Gasteiger partial charge in [-0.15, -0.1) is 0 Å². The van der Waals surface area contributed by atoms with E-state index in [1.165, 1.54) is 10.9 Å². The van der Waals surface area contributed by atoms with E-state index in [1.54, 1.807) is 12.3 Å². The molecule has 7 heteroatoms. The van der Waals surface area contributed by atoms with Gasteiger partial charge in [0, 0.05) is 34.6 Å². The number of hydrogen-bond donors (Lipinski definition) is 0. The maximum atomic E-state index is 13.1. The van der Waals surface area contributed by atoms with E-state index < -0.39 is 5.56 Å². The van der Waals surface area contributed by atoms with E-state index in [2.05, 4.69) is 11.1 Å². The second-order valence-electron chi connectivity index (χ2n) is 7.04. The molecule has 5 aromatic rings. The molecule has 3 heterocycles. The van der Waals surface area contributed by atoms with Crippen LogP contribution in [0, 0.1) is 11.3 Å². The van der Waals surface area contributed by atoms with Crippen molar-refractivity contribution in [1.29, 1.82) is 5.26 Å². The lowest BCUT2D eigenvalue weighted by Crippen LogP contribution is -2.24. The molecule has 0 bridgehead atoms. The van der Waals surface area contributed by atoms with Crippen LogP contribution in [0.4, 0.5) is 0 Å². The number of carbonyl (C=O) groups excluding carboxylic acids is 1. The molecular formula is C23H16N4O3. The average Bonchev–Trinajstić information content (AvgIpc) is 3.33. The van der Waals surface area contributed by atoms with Crippen molar-refractivity contribution in [3.8, 4) is 6.07 Å². The minimum atomic E-state index is -0.391. The zero-order valence-corrected chi connectivity index (χ0v) is 15.9. The summed E-state index contributed by atoms with van der Waals surface area (Å²) in [4.78, 5) is 30.4. The SMILES string of the molecule is N#CCCn1cc(C(=O)Cn2cnc3c(oc4ccccc43)c2=O)c2ccccc21. The van der Waals surface area contributed by atoms with Gasteiger partial charge in [-0.05, 0) is 18.2 Å². The number of aromatic nitrogens is 3. The van der Waals surface area contributed by atoms with Gasteiger partial charge in [0.1, 0.15) is 11.1 Å². The molecule has 5 rings (SSSR count). The Hall–Kier alpha value is -4.18. The fraction of sp³-hybridized carbons (Fsp3) is 0.130. The highest BCUT2D eigenvalue weighted by atomic mass is 16.3. The van der Waals surface area contributed by atoms with Crippen LogP contribution in [-0.4, -0.2) is 19.9 Å². The van der Waals surface area contributed by atoms with Gasteiger partial charge in [0.25, 0.3) is 5.56 Å². The molecule has 0 spiro atoms. The zero-order chi connectivity index (χ0) is 20.7. The van der Waals surface area contributed by atoms with E-state index >= 15 is 0 Å². The van der Waals surface area contributed by atoms with E-state index in [9.17, 15) is 9.59 Å². The van der Waals surface area contributed by atoms with Crippen molar-refractivity contribution in [2.24, 2.45) is 0 Å². The van der Waals surface area contributed by atoms with Crippen molar-refractivity contribution in [2.75, 3.05) is 0 Å². The molecule has 0 saturated heterocycles. The van der Waals surface area contributed by atoms with Crippen molar-refractivity contribution in [3.05, 3.63) is 77.0 Å². The number of rotatable bonds is 5. The molecule has 0 unspecified atom stereocenters. The lowest BCUT2D eigenvalue weighted by atomic mass is 10.1. The predicted molar refractivity (Wildman–Crippen MR) is 112 cm³/mol. The number of carbonyl (C=O) groups is 1. The second-order valence-corrected chi connectivity index (χ2v) is 7.04. The minimum Gasteiger partial charge on any atom is -0.448 e. The summed E-state index contributed by atoms with van der Waals surface area (Å²) in [5.41, 5.74) is 2.23. The van der Waals surface area contributed by atoms with E-state index in [1.807, 2.05) is 47.0 Å². The molecule has 3 aromatic heterocycles. The third kappa shape index (κ3) is 2.78. The highest BCUT2D eigenvalue weighted by molar-refractivity contribution is 6.08. The molecule has 7 nitrogen and oxygen atoms in total. The largest absolute Gasteiger partial charge is 0.448 e. The summed E-state index contributed by atoms with van der Waals surface area (Å²) >= 11 is 0. The van der Waals surface area contributed by atoms with Gasteiger partial charge in [-0.1, -0.05) is 30.3 Å². The summed E-state index contributed by atoms with van der Waals surface area (Å²) in [6.07, 6.45) is 3.49. The maximum Gasteiger partial charge on any atom is 0.297 e. The maximum absolute atomic E-state index is 13.1. The van der Waals surface area contributed by atoms with Crippen LogP contribution in [0.5, 0.6) is 0 Å². The van der Waals surface area contributed by atoms with Crippen LogP contribution in [0.15, 0.2) is 70.3 Å². The number of ketones is 1. The summed E-state index contributed by atoms with van der Waals surface area (Å²) in [5.74, 6) is -0.207. The quantitative estimate of drug-likeness (QED) is 0.420. The first-order chi connectivity index (χ1) is 14.7. The van der Waals surface area contributed by atoms with Crippen LogP contribution in [0.3, 0.4) is 0 Å². The van der Waals surface area contributed by atoms with E-state index in [-0.39, 0.29) is 17.9 Å². The Labute approximate surface area is 170 Å². The van der Waals surface area contributed by atoms with Crippen molar-refractivity contribution in [1.82, 2.24) is 14.1 Å². The first-order valence-corrected chi connectivity index (χ1v) is 9.52. The Morgan fingerprint density at radius 1 is 1.07 bits per heavy atom. The van der Waals surface area contributed by atoms with E-state index in [4.69, 9.17) is 9.68 Å². The third-order valence-electron chi connectivity index (χ3n) is 5.22. The first kappa shape index (κ1) is 17.9. The molecule has 0 fully saturated rings. The van der Waals surface area contributed by atoms with Gasteiger partial charge in [-0.3, -0.25) is 14.2 Å². The number of para-hydroxylation sites is 2. The first-order valence-electron chi connectivity index (χ1n) is 9.52. The topological polar surface area (TPSA) is 93.8 Å². The van der Waals surface area contributed by atoms with Crippen LogP contribution in [0.25, 0.3) is 33.0 Å². The number of nitrogens with zero attached hydrogens (tertiary/aromatic N) is 4. The zero-order valence-electron chi connectivity index (χ0n) is 15.9. The highest BCUT2D eigenvalue weighted by Gasteiger charge is 2.18. The Balaban J connectivity index is 1.55. The Morgan fingerprint density at radius 2 is 1.83 bits per heavy atom. The number of benzene rings is 2. The normalized spacial score (nSPS) is 11.3. The summed E-state index contributed by atoms with van der Waals surface area (Å²) in [6, 6.07) is 17.0. The molecule has 0 aliphatic carbocycles. The highest BCUT2D eigenvalue weighted by Crippen LogP contribution is 2.25. The standard InChI is InChI=1S/C23H16N4O3/c24-10-5-11-26-12-17(15-6-1-3-8-18(15)26)19(28)13-27-14-25-21-16-7-2-4-9-20(16)30-22(21)23(27)29/h1-4,6-9,12,14H,5,11,13H2. The molecular weight excluding hydrogens is 380 g/mol. The molecule has 146 valence electrons. The van der Waals surface area contributed by atoms with E-state index in [0.717, 1.165) is 16.3 Å². The lowest BCUT2D eigenvalue weighted by Gasteiger charge is -2.03. The van der Waals surface area contributed by atoms with Crippen LogP contribution in [-0.2, 0) is 13.1 Å². The number of aryl methyl sites for hydroxylation is 1. The number of furan rings is 1. The Bertz CT molecular complexity index is 1530. The Morgan fingerprint density at radius 3 is 2.67 bits per heavy atom. The monoisotopic (exact) mass is 396 g/mol. The van der Waals surface area contributed by atoms with Gasteiger partial charge >= 0.3 is 0 Å². The molecule has 0 aliphatic heterocycles. The summed E-state index contributed by atoms with van der Waals surface area (Å²) in [6.45, 7) is 0.349. The number of nitriles is 1. The summed E-state index contributed by atoms with van der Waals surface area (Å²) in [5, 5.41) is 10.5. The molecule has 0 radical (unpaired) electrons. The molecule has 0 aliphatic rings. The molecule has 0 amide bonds. The molecule has 2 aromatic carbocycles. The number of fused-ring (bicyclic) bond motifs is 4. The van der Waals surface area contributed by atoms with Gasteiger partial charge < -0.3 is 8.98 Å². The average molecular weight is 396 g/mol.